The molecule has 0 bridgehead atoms. The van der Waals surface area contributed by atoms with E-state index in [0.717, 1.165) is 13.1 Å². The number of carbonyl (C=O) groups is 2. The summed E-state index contributed by atoms with van der Waals surface area (Å²) in [5.41, 5.74) is 4.00. The van der Waals surface area contributed by atoms with Crippen molar-refractivity contribution < 1.29 is 9.59 Å². The number of benzene rings is 2. The average molecular weight is 403 g/mol. The second-order valence-electron chi connectivity index (χ2n) is 7.27. The molecule has 7 heteroatoms. The maximum Gasteiger partial charge on any atom is 0.269 e. The van der Waals surface area contributed by atoms with E-state index in [0.29, 0.717) is 18.8 Å². The number of rotatable bonds is 5. The molecule has 0 atom stereocenters. The number of para-hydroxylation sites is 1. The molecule has 0 aliphatic carbocycles. The Hall–Kier alpha value is -3.61. The number of aryl methyl sites for hydroxylation is 1. The number of piperazine rings is 1. The van der Waals surface area contributed by atoms with E-state index in [2.05, 4.69) is 45.6 Å². The normalized spacial score (nSPS) is 13.9. The van der Waals surface area contributed by atoms with E-state index in [9.17, 15) is 9.59 Å². The number of hydrogen-bond donors (Lipinski definition) is 1. The molecule has 3 aromatic rings. The van der Waals surface area contributed by atoms with Crippen LogP contribution in [0.3, 0.4) is 0 Å². The van der Waals surface area contributed by atoms with E-state index in [1.807, 2.05) is 29.2 Å². The van der Waals surface area contributed by atoms with Crippen LogP contribution in [0, 0.1) is 0 Å². The van der Waals surface area contributed by atoms with Gasteiger partial charge in [-0.1, -0.05) is 48.5 Å². The highest BCUT2D eigenvalue weighted by Crippen LogP contribution is 2.31. The van der Waals surface area contributed by atoms with Gasteiger partial charge in [-0.2, -0.15) is 5.10 Å². The predicted octanol–water partition coefficient (Wildman–Crippen LogP) is 2.17. The molecule has 2 amide bonds. The molecule has 2 aromatic carbocycles. The third-order valence-electron chi connectivity index (χ3n) is 5.42. The van der Waals surface area contributed by atoms with Gasteiger partial charge in [-0.15, -0.1) is 0 Å². The third-order valence-corrected chi connectivity index (χ3v) is 5.42. The van der Waals surface area contributed by atoms with Gasteiger partial charge in [0.1, 0.15) is 5.69 Å². The van der Waals surface area contributed by atoms with Crippen molar-refractivity contribution >= 4 is 17.5 Å². The van der Waals surface area contributed by atoms with Crippen LogP contribution in [0.5, 0.6) is 0 Å². The molecule has 30 heavy (non-hydrogen) atoms. The molecule has 0 radical (unpaired) electrons. The third kappa shape index (κ3) is 4.20. The molecule has 0 unspecified atom stereocenters. The molecule has 1 aromatic heterocycles. The molecule has 1 aliphatic heterocycles. The van der Waals surface area contributed by atoms with Crippen molar-refractivity contribution in [2.24, 2.45) is 7.05 Å². The highest BCUT2D eigenvalue weighted by Gasteiger charge is 2.23. The zero-order valence-corrected chi connectivity index (χ0v) is 17.0. The minimum atomic E-state index is -0.293. The van der Waals surface area contributed by atoms with Gasteiger partial charge in [-0.3, -0.25) is 14.3 Å². The molecule has 0 saturated carbocycles. The minimum Gasteiger partial charge on any atom is -0.367 e. The molecular formula is C23H25N5O2. The number of hydrogen-bond acceptors (Lipinski definition) is 4. The van der Waals surface area contributed by atoms with Crippen molar-refractivity contribution in [3.8, 4) is 11.1 Å². The molecule has 1 fully saturated rings. The molecule has 7 nitrogen and oxygen atoms in total. The fraction of sp³-hybridized carbons (Fsp3) is 0.261. The van der Waals surface area contributed by atoms with Gasteiger partial charge in [0, 0.05) is 50.7 Å². The molecule has 4 rings (SSSR count). The van der Waals surface area contributed by atoms with Crippen LogP contribution in [0.4, 0.5) is 5.69 Å². The first-order chi connectivity index (χ1) is 14.6. The Kier molecular flexibility index (Phi) is 5.79. The summed E-state index contributed by atoms with van der Waals surface area (Å²) in [6.45, 7) is 2.76. The van der Waals surface area contributed by atoms with Gasteiger partial charge in [0.15, 0.2) is 0 Å². The lowest BCUT2D eigenvalue weighted by atomic mass is 10.0. The van der Waals surface area contributed by atoms with Crippen LogP contribution >= 0.6 is 0 Å². The second-order valence-corrected chi connectivity index (χ2v) is 7.27. The summed E-state index contributed by atoms with van der Waals surface area (Å²) in [5, 5.41) is 6.67. The lowest BCUT2D eigenvalue weighted by molar-refractivity contribution is -0.130. The maximum atomic E-state index is 12.6. The smallest absolute Gasteiger partial charge is 0.269 e. The Labute approximate surface area is 175 Å². The largest absolute Gasteiger partial charge is 0.367 e. The van der Waals surface area contributed by atoms with Crippen molar-refractivity contribution in [1.82, 2.24) is 20.0 Å². The van der Waals surface area contributed by atoms with E-state index < -0.39 is 0 Å². The van der Waals surface area contributed by atoms with Crippen LogP contribution in [-0.4, -0.2) is 59.2 Å². The van der Waals surface area contributed by atoms with Gasteiger partial charge < -0.3 is 15.1 Å². The first kappa shape index (κ1) is 19.7. The number of anilines is 1. The fourth-order valence-corrected chi connectivity index (χ4v) is 3.76. The Bertz CT molecular complexity index is 1020. The zero-order valence-electron chi connectivity index (χ0n) is 17.0. The van der Waals surface area contributed by atoms with E-state index >= 15 is 0 Å². The van der Waals surface area contributed by atoms with Crippen molar-refractivity contribution in [3.63, 3.8) is 0 Å². The summed E-state index contributed by atoms with van der Waals surface area (Å²) < 4.78 is 1.49. The molecule has 1 N–H and O–H groups in total. The first-order valence-corrected chi connectivity index (χ1v) is 10.1. The average Bonchev–Trinajstić information content (AvgIpc) is 3.24. The molecule has 0 spiro atoms. The molecule has 2 heterocycles. The Morgan fingerprint density at radius 2 is 1.63 bits per heavy atom. The Balaban J connectivity index is 1.35. The van der Waals surface area contributed by atoms with Gasteiger partial charge in [-0.05, 0) is 17.7 Å². The summed E-state index contributed by atoms with van der Waals surface area (Å²) >= 11 is 0. The van der Waals surface area contributed by atoms with Crippen molar-refractivity contribution in [2.75, 3.05) is 37.6 Å². The van der Waals surface area contributed by atoms with Crippen LogP contribution in [0.25, 0.3) is 11.1 Å². The number of aromatic nitrogens is 2. The second kappa shape index (κ2) is 8.82. The molecule has 154 valence electrons. The lowest BCUT2D eigenvalue weighted by Crippen LogP contribution is -2.51. The monoisotopic (exact) mass is 403 g/mol. The summed E-state index contributed by atoms with van der Waals surface area (Å²) in [4.78, 5) is 28.9. The molecule has 1 saturated heterocycles. The zero-order chi connectivity index (χ0) is 20.9. The van der Waals surface area contributed by atoms with Gasteiger partial charge in [0.25, 0.3) is 5.91 Å². The maximum absolute atomic E-state index is 12.6. The number of amides is 2. The molecular weight excluding hydrogens is 378 g/mol. The van der Waals surface area contributed by atoms with Gasteiger partial charge in [0.2, 0.25) is 5.91 Å². The Morgan fingerprint density at radius 3 is 2.33 bits per heavy atom. The summed E-state index contributed by atoms with van der Waals surface area (Å²) in [6, 6.07) is 20.3. The predicted molar refractivity (Wildman–Crippen MR) is 116 cm³/mol. The summed E-state index contributed by atoms with van der Waals surface area (Å²) in [5.74, 6) is -0.361. The van der Waals surface area contributed by atoms with Crippen molar-refractivity contribution in [1.29, 1.82) is 0 Å². The number of nitrogens with zero attached hydrogens (tertiary/aromatic N) is 4. The van der Waals surface area contributed by atoms with Crippen LogP contribution in [0.1, 0.15) is 10.5 Å². The summed E-state index contributed by atoms with van der Waals surface area (Å²) in [7, 11) is 1.70. The lowest BCUT2D eigenvalue weighted by Gasteiger charge is -2.37. The topological polar surface area (TPSA) is 70.5 Å². The minimum absolute atomic E-state index is 0.00931. The molecule has 1 aliphatic rings. The van der Waals surface area contributed by atoms with Gasteiger partial charge in [-0.25, -0.2) is 0 Å². The number of nitrogens with one attached hydrogen (secondary N) is 1. The van der Waals surface area contributed by atoms with Gasteiger partial charge >= 0.3 is 0 Å². The van der Waals surface area contributed by atoms with E-state index in [4.69, 9.17) is 0 Å². The first-order valence-electron chi connectivity index (χ1n) is 10.1. The van der Waals surface area contributed by atoms with Crippen LogP contribution in [0.15, 0.2) is 66.9 Å². The quantitative estimate of drug-likeness (QED) is 0.709. The number of carbonyl (C=O) groups excluding carboxylic acids is 2. The van der Waals surface area contributed by atoms with Crippen molar-refractivity contribution in [3.05, 3.63) is 72.6 Å². The standard InChI is InChI=1S/C23H25N5O2/c1-26-21(11-12-25-26)23(30)24-17-22(29)28-15-13-27(14-16-28)20-10-6-5-9-19(20)18-7-3-2-4-8-18/h2-12H,13-17H2,1H3,(H,24,30). The fourth-order valence-electron chi connectivity index (χ4n) is 3.76. The van der Waals surface area contributed by atoms with E-state index in [-0.39, 0.29) is 18.4 Å². The van der Waals surface area contributed by atoms with Crippen LogP contribution in [-0.2, 0) is 11.8 Å². The van der Waals surface area contributed by atoms with Crippen LogP contribution in [0.2, 0.25) is 0 Å². The Morgan fingerprint density at radius 1 is 0.933 bits per heavy atom. The van der Waals surface area contributed by atoms with E-state index in [1.54, 1.807) is 19.3 Å². The highest BCUT2D eigenvalue weighted by molar-refractivity contribution is 5.95. The van der Waals surface area contributed by atoms with Crippen molar-refractivity contribution in [2.45, 2.75) is 0 Å². The summed E-state index contributed by atoms with van der Waals surface area (Å²) in [6.07, 6.45) is 1.56. The van der Waals surface area contributed by atoms with Crippen LogP contribution < -0.4 is 10.2 Å². The SMILES string of the molecule is Cn1nccc1C(=O)NCC(=O)N1CCN(c2ccccc2-c2ccccc2)CC1. The highest BCUT2D eigenvalue weighted by atomic mass is 16.2. The van der Waals surface area contributed by atoms with Gasteiger partial charge in [0.05, 0.1) is 6.54 Å². The van der Waals surface area contributed by atoms with E-state index in [1.165, 1.54) is 21.5 Å².